The topological polar surface area (TPSA) is 31.9 Å². The van der Waals surface area contributed by atoms with Gasteiger partial charge in [0.25, 0.3) is 0 Å². The average Bonchev–Trinajstić information content (AvgIpc) is 2.73. The second-order valence-electron chi connectivity index (χ2n) is 3.93. The van der Waals surface area contributed by atoms with Crippen LogP contribution in [0.4, 0.5) is 5.69 Å². The molecule has 1 aliphatic rings. The SMILES string of the molecule is Clc1cc2c(N3CC=CCC3)c[nH]c2cn1. The van der Waals surface area contributed by atoms with E-state index >= 15 is 0 Å². The molecular formula is C12H12ClN3. The van der Waals surface area contributed by atoms with Crippen molar-refractivity contribution in [3.63, 3.8) is 0 Å². The maximum absolute atomic E-state index is 5.93. The molecule has 0 fully saturated rings. The number of pyridine rings is 1. The molecule has 0 aromatic carbocycles. The minimum Gasteiger partial charge on any atom is -0.366 e. The highest BCUT2D eigenvalue weighted by Crippen LogP contribution is 2.28. The number of anilines is 1. The Morgan fingerprint density at radius 2 is 2.31 bits per heavy atom. The van der Waals surface area contributed by atoms with E-state index in [1.807, 2.05) is 12.3 Å². The average molecular weight is 234 g/mol. The zero-order valence-corrected chi connectivity index (χ0v) is 9.54. The van der Waals surface area contributed by atoms with Gasteiger partial charge in [0, 0.05) is 24.7 Å². The first kappa shape index (κ1) is 9.73. The van der Waals surface area contributed by atoms with Crippen molar-refractivity contribution in [2.45, 2.75) is 6.42 Å². The normalized spacial score (nSPS) is 15.9. The van der Waals surface area contributed by atoms with Crippen LogP contribution < -0.4 is 4.90 Å². The number of hydrogen-bond acceptors (Lipinski definition) is 2. The molecule has 1 N–H and O–H groups in total. The summed E-state index contributed by atoms with van der Waals surface area (Å²) in [6, 6.07) is 1.92. The summed E-state index contributed by atoms with van der Waals surface area (Å²) in [4.78, 5) is 9.64. The third-order valence-electron chi connectivity index (χ3n) is 2.91. The summed E-state index contributed by atoms with van der Waals surface area (Å²) in [5, 5.41) is 1.69. The molecule has 0 amide bonds. The molecule has 0 unspecified atom stereocenters. The quantitative estimate of drug-likeness (QED) is 0.607. The standard InChI is InChI=1S/C12H12ClN3/c13-12-6-9-10(7-15-12)14-8-11(9)16-4-2-1-3-5-16/h1-2,6-8,14H,3-5H2. The summed E-state index contributed by atoms with van der Waals surface area (Å²) >= 11 is 5.93. The number of fused-ring (bicyclic) bond motifs is 1. The largest absolute Gasteiger partial charge is 0.366 e. The molecule has 0 saturated heterocycles. The predicted octanol–water partition coefficient (Wildman–Crippen LogP) is 2.98. The fraction of sp³-hybridized carbons (Fsp3) is 0.250. The molecular weight excluding hydrogens is 222 g/mol. The van der Waals surface area contributed by atoms with Gasteiger partial charge in [-0.15, -0.1) is 0 Å². The van der Waals surface area contributed by atoms with Crippen molar-refractivity contribution in [1.82, 2.24) is 9.97 Å². The lowest BCUT2D eigenvalue weighted by atomic mass is 10.2. The van der Waals surface area contributed by atoms with Crippen LogP contribution >= 0.6 is 11.6 Å². The van der Waals surface area contributed by atoms with E-state index < -0.39 is 0 Å². The molecule has 82 valence electrons. The number of aromatic nitrogens is 2. The van der Waals surface area contributed by atoms with Crippen LogP contribution in [0, 0.1) is 0 Å². The molecule has 2 aromatic rings. The fourth-order valence-corrected chi connectivity index (χ4v) is 2.26. The maximum atomic E-state index is 5.93. The van der Waals surface area contributed by atoms with Gasteiger partial charge in [-0.1, -0.05) is 23.8 Å². The summed E-state index contributed by atoms with van der Waals surface area (Å²) in [5.74, 6) is 0. The van der Waals surface area contributed by atoms with Crippen molar-refractivity contribution >= 4 is 28.2 Å². The van der Waals surface area contributed by atoms with Gasteiger partial charge in [0.05, 0.1) is 17.4 Å². The van der Waals surface area contributed by atoms with Gasteiger partial charge in [0.2, 0.25) is 0 Å². The van der Waals surface area contributed by atoms with E-state index in [0.29, 0.717) is 5.15 Å². The first-order chi connectivity index (χ1) is 7.84. The molecule has 2 aromatic heterocycles. The van der Waals surface area contributed by atoms with Crippen LogP contribution in [0.2, 0.25) is 5.15 Å². The summed E-state index contributed by atoms with van der Waals surface area (Å²) in [7, 11) is 0. The molecule has 0 radical (unpaired) electrons. The van der Waals surface area contributed by atoms with Gasteiger partial charge in [0.15, 0.2) is 0 Å². The lowest BCUT2D eigenvalue weighted by Gasteiger charge is -2.24. The van der Waals surface area contributed by atoms with Gasteiger partial charge >= 0.3 is 0 Å². The second kappa shape index (κ2) is 3.83. The molecule has 16 heavy (non-hydrogen) atoms. The number of nitrogens with zero attached hydrogens (tertiary/aromatic N) is 2. The monoisotopic (exact) mass is 233 g/mol. The Labute approximate surface area is 98.7 Å². The van der Waals surface area contributed by atoms with E-state index in [0.717, 1.165) is 30.4 Å². The Kier molecular flexibility index (Phi) is 2.33. The molecule has 0 bridgehead atoms. The predicted molar refractivity (Wildman–Crippen MR) is 67.1 cm³/mol. The van der Waals surface area contributed by atoms with Crippen LogP contribution in [0.1, 0.15) is 6.42 Å². The Hall–Kier alpha value is -1.48. The van der Waals surface area contributed by atoms with Crippen molar-refractivity contribution in [3.8, 4) is 0 Å². The smallest absolute Gasteiger partial charge is 0.129 e. The first-order valence-corrected chi connectivity index (χ1v) is 5.75. The number of aromatic amines is 1. The van der Waals surface area contributed by atoms with Crippen LogP contribution in [0.15, 0.2) is 30.6 Å². The highest BCUT2D eigenvalue weighted by molar-refractivity contribution is 6.30. The van der Waals surface area contributed by atoms with Crippen molar-refractivity contribution in [3.05, 3.63) is 35.8 Å². The van der Waals surface area contributed by atoms with E-state index in [1.54, 1.807) is 6.20 Å². The van der Waals surface area contributed by atoms with Crippen LogP contribution in [-0.4, -0.2) is 23.1 Å². The van der Waals surface area contributed by atoms with Crippen molar-refractivity contribution in [2.75, 3.05) is 18.0 Å². The highest BCUT2D eigenvalue weighted by atomic mass is 35.5. The molecule has 0 atom stereocenters. The number of hydrogen-bond donors (Lipinski definition) is 1. The third kappa shape index (κ3) is 1.57. The molecule has 3 nitrogen and oxygen atoms in total. The number of H-pyrrole nitrogens is 1. The Morgan fingerprint density at radius 1 is 1.38 bits per heavy atom. The van der Waals surface area contributed by atoms with Crippen LogP contribution in [-0.2, 0) is 0 Å². The van der Waals surface area contributed by atoms with E-state index in [9.17, 15) is 0 Å². The summed E-state index contributed by atoms with van der Waals surface area (Å²) in [5.41, 5.74) is 2.25. The van der Waals surface area contributed by atoms with Crippen molar-refractivity contribution in [1.29, 1.82) is 0 Å². The fourth-order valence-electron chi connectivity index (χ4n) is 2.10. The Bertz CT molecular complexity index is 544. The van der Waals surface area contributed by atoms with E-state index in [1.165, 1.54) is 5.69 Å². The van der Waals surface area contributed by atoms with Crippen LogP contribution in [0.5, 0.6) is 0 Å². The van der Waals surface area contributed by atoms with Gasteiger partial charge in [-0.05, 0) is 12.5 Å². The van der Waals surface area contributed by atoms with Crippen molar-refractivity contribution < 1.29 is 0 Å². The zero-order chi connectivity index (χ0) is 11.0. The highest BCUT2D eigenvalue weighted by Gasteiger charge is 2.12. The summed E-state index contributed by atoms with van der Waals surface area (Å²) < 4.78 is 0. The molecule has 0 spiro atoms. The molecule has 4 heteroatoms. The molecule has 1 aliphatic heterocycles. The Morgan fingerprint density at radius 3 is 3.12 bits per heavy atom. The number of halogens is 1. The van der Waals surface area contributed by atoms with Gasteiger partial charge < -0.3 is 9.88 Å². The first-order valence-electron chi connectivity index (χ1n) is 5.37. The minimum absolute atomic E-state index is 0.543. The Balaban J connectivity index is 2.09. The van der Waals surface area contributed by atoms with Crippen LogP contribution in [0.3, 0.4) is 0 Å². The van der Waals surface area contributed by atoms with E-state index in [-0.39, 0.29) is 0 Å². The van der Waals surface area contributed by atoms with E-state index in [2.05, 4.69) is 27.0 Å². The second-order valence-corrected chi connectivity index (χ2v) is 4.32. The molecule has 0 aliphatic carbocycles. The molecule has 3 rings (SSSR count). The van der Waals surface area contributed by atoms with E-state index in [4.69, 9.17) is 11.6 Å². The van der Waals surface area contributed by atoms with Gasteiger partial charge in [0.1, 0.15) is 5.15 Å². The zero-order valence-electron chi connectivity index (χ0n) is 8.78. The summed E-state index contributed by atoms with van der Waals surface area (Å²) in [6.45, 7) is 2.02. The minimum atomic E-state index is 0.543. The van der Waals surface area contributed by atoms with Crippen LogP contribution in [0.25, 0.3) is 10.9 Å². The lowest BCUT2D eigenvalue weighted by Crippen LogP contribution is -2.26. The molecule has 0 saturated carbocycles. The van der Waals surface area contributed by atoms with Gasteiger partial charge in [-0.2, -0.15) is 0 Å². The maximum Gasteiger partial charge on any atom is 0.129 e. The van der Waals surface area contributed by atoms with Crippen molar-refractivity contribution in [2.24, 2.45) is 0 Å². The number of rotatable bonds is 1. The molecule has 3 heterocycles. The lowest BCUT2D eigenvalue weighted by molar-refractivity contribution is 0.824. The number of nitrogens with one attached hydrogen (secondary N) is 1. The van der Waals surface area contributed by atoms with Gasteiger partial charge in [-0.25, -0.2) is 4.98 Å². The third-order valence-corrected chi connectivity index (χ3v) is 3.12. The summed E-state index contributed by atoms with van der Waals surface area (Å²) in [6.07, 6.45) is 9.33. The van der Waals surface area contributed by atoms with Gasteiger partial charge in [-0.3, -0.25) is 0 Å².